The summed E-state index contributed by atoms with van der Waals surface area (Å²) in [7, 11) is 1.51. The zero-order valence-corrected chi connectivity index (χ0v) is 10.3. The number of ketones is 1. The minimum atomic E-state index is -1.92. The van der Waals surface area contributed by atoms with Crippen LogP contribution in [0.3, 0.4) is 0 Å². The number of hydrogen-bond acceptors (Lipinski definition) is 4. The van der Waals surface area contributed by atoms with E-state index < -0.39 is 23.3 Å². The van der Waals surface area contributed by atoms with Gasteiger partial charge in [-0.3, -0.25) is 9.59 Å². The van der Waals surface area contributed by atoms with E-state index in [-0.39, 0.29) is 5.75 Å². The third kappa shape index (κ3) is 1.86. The van der Waals surface area contributed by atoms with E-state index in [0.29, 0.717) is 6.42 Å². The molecule has 1 heterocycles. The number of aromatic hydroxyl groups is 1. The van der Waals surface area contributed by atoms with Crippen LogP contribution in [-0.2, 0) is 16.0 Å². The number of rotatable bonds is 2. The molecule has 1 aliphatic rings. The van der Waals surface area contributed by atoms with E-state index in [1.807, 2.05) is 0 Å². The number of amides is 1. The first-order valence-corrected chi connectivity index (χ1v) is 5.66. The lowest BCUT2D eigenvalue weighted by atomic mass is 9.96. The lowest BCUT2D eigenvalue weighted by Crippen LogP contribution is -2.39. The molecule has 2 atom stereocenters. The van der Waals surface area contributed by atoms with E-state index in [1.165, 1.54) is 31.0 Å². The first kappa shape index (κ1) is 12.6. The molecule has 1 aromatic rings. The fraction of sp³-hybridized carbons (Fsp3) is 0.385. The topological polar surface area (TPSA) is 77.8 Å². The molecular weight excluding hydrogens is 234 g/mol. The highest BCUT2D eigenvalue weighted by Crippen LogP contribution is 2.26. The zero-order chi connectivity index (χ0) is 13.5. The van der Waals surface area contributed by atoms with Crippen molar-refractivity contribution in [3.8, 4) is 5.75 Å². The summed E-state index contributed by atoms with van der Waals surface area (Å²) in [6.07, 6.45) is 0.331. The summed E-state index contributed by atoms with van der Waals surface area (Å²) in [4.78, 5) is 24.9. The Bertz CT molecular complexity index is 492. The molecule has 1 aliphatic heterocycles. The molecule has 0 radical (unpaired) electrons. The van der Waals surface area contributed by atoms with Crippen molar-refractivity contribution in [2.24, 2.45) is 0 Å². The van der Waals surface area contributed by atoms with Gasteiger partial charge in [0.25, 0.3) is 5.91 Å². The van der Waals surface area contributed by atoms with E-state index in [0.717, 1.165) is 5.56 Å². The smallest absolute Gasteiger partial charge is 0.262 e. The first-order valence-electron chi connectivity index (χ1n) is 5.66. The minimum Gasteiger partial charge on any atom is -0.508 e. The minimum absolute atomic E-state index is 0.146. The van der Waals surface area contributed by atoms with E-state index in [4.69, 9.17) is 0 Å². The second kappa shape index (κ2) is 4.10. The molecule has 5 heteroatoms. The molecular formula is C13H15NO4. The number of phenolic OH excluding ortho intramolecular Hbond substituents is 1. The maximum atomic E-state index is 12.0. The van der Waals surface area contributed by atoms with Crippen LogP contribution in [0, 0.1) is 0 Å². The van der Waals surface area contributed by atoms with Crippen LogP contribution in [0.4, 0.5) is 0 Å². The standard InChI is InChI=1S/C13H15NO4/c1-13(18)11(16)10(14(2)12(13)17)7-8-3-5-9(15)6-4-8/h3-6,10,15,18H,7H2,1-2H3/t10-,13-/m0/s1. The van der Waals surface area contributed by atoms with Crippen LogP contribution in [0.25, 0.3) is 0 Å². The highest BCUT2D eigenvalue weighted by atomic mass is 16.3. The predicted molar refractivity (Wildman–Crippen MR) is 64.0 cm³/mol. The van der Waals surface area contributed by atoms with Crippen LogP contribution < -0.4 is 0 Å². The summed E-state index contributed by atoms with van der Waals surface area (Å²) in [6.45, 7) is 1.23. The van der Waals surface area contributed by atoms with Crippen LogP contribution >= 0.6 is 0 Å². The fourth-order valence-electron chi connectivity index (χ4n) is 2.18. The largest absolute Gasteiger partial charge is 0.508 e. The third-order valence-corrected chi connectivity index (χ3v) is 3.35. The second-order valence-electron chi connectivity index (χ2n) is 4.74. The Morgan fingerprint density at radius 3 is 2.28 bits per heavy atom. The quantitative estimate of drug-likeness (QED) is 0.728. The molecule has 0 saturated carbocycles. The maximum Gasteiger partial charge on any atom is 0.262 e. The molecule has 2 rings (SSSR count). The van der Waals surface area contributed by atoms with Gasteiger partial charge in [0.15, 0.2) is 5.78 Å². The van der Waals surface area contributed by atoms with Gasteiger partial charge >= 0.3 is 0 Å². The van der Waals surface area contributed by atoms with Gasteiger partial charge in [0.2, 0.25) is 5.60 Å². The molecule has 1 aromatic carbocycles. The van der Waals surface area contributed by atoms with Gasteiger partial charge in [-0.05, 0) is 24.6 Å². The van der Waals surface area contributed by atoms with Gasteiger partial charge in [-0.15, -0.1) is 0 Å². The number of phenols is 1. The van der Waals surface area contributed by atoms with Crippen LogP contribution in [-0.4, -0.2) is 45.5 Å². The number of likely N-dealkylation sites (N-methyl/N-ethyl adjacent to an activating group) is 1. The average Bonchev–Trinajstić information content (AvgIpc) is 2.47. The Kier molecular flexibility index (Phi) is 2.86. The van der Waals surface area contributed by atoms with E-state index >= 15 is 0 Å². The number of Topliss-reactive ketones (excluding diaryl/α,β-unsaturated/α-hetero) is 1. The highest BCUT2D eigenvalue weighted by molar-refractivity contribution is 6.16. The van der Waals surface area contributed by atoms with Gasteiger partial charge in [0, 0.05) is 13.5 Å². The number of nitrogens with zero attached hydrogens (tertiary/aromatic N) is 1. The number of likely N-dealkylation sites (tertiary alicyclic amines) is 1. The van der Waals surface area contributed by atoms with Crippen molar-refractivity contribution in [1.82, 2.24) is 4.90 Å². The molecule has 1 saturated heterocycles. The van der Waals surface area contributed by atoms with Crippen LogP contribution in [0.1, 0.15) is 12.5 Å². The van der Waals surface area contributed by atoms with Gasteiger partial charge in [0.1, 0.15) is 5.75 Å². The molecule has 0 bridgehead atoms. The second-order valence-corrected chi connectivity index (χ2v) is 4.74. The number of carbonyl (C=O) groups is 2. The summed E-state index contributed by atoms with van der Waals surface area (Å²) in [5.74, 6) is -0.910. The fourth-order valence-corrected chi connectivity index (χ4v) is 2.18. The van der Waals surface area contributed by atoms with Gasteiger partial charge in [-0.25, -0.2) is 0 Å². The molecule has 0 aliphatic carbocycles. The Labute approximate surface area is 105 Å². The van der Waals surface area contributed by atoms with E-state index in [1.54, 1.807) is 12.1 Å². The number of carbonyl (C=O) groups excluding carboxylic acids is 2. The van der Waals surface area contributed by atoms with Crippen molar-refractivity contribution in [3.05, 3.63) is 29.8 Å². The van der Waals surface area contributed by atoms with Crippen molar-refractivity contribution >= 4 is 11.7 Å². The molecule has 0 unspecified atom stereocenters. The van der Waals surface area contributed by atoms with Crippen molar-refractivity contribution in [3.63, 3.8) is 0 Å². The van der Waals surface area contributed by atoms with Crippen LogP contribution in [0.15, 0.2) is 24.3 Å². The van der Waals surface area contributed by atoms with E-state index in [2.05, 4.69) is 0 Å². The normalized spacial score (nSPS) is 27.9. The summed E-state index contributed by atoms with van der Waals surface area (Å²) in [5, 5.41) is 19.0. The molecule has 0 aromatic heterocycles. The lowest BCUT2D eigenvalue weighted by Gasteiger charge is -2.17. The molecule has 96 valence electrons. The maximum absolute atomic E-state index is 12.0. The molecule has 18 heavy (non-hydrogen) atoms. The highest BCUT2D eigenvalue weighted by Gasteiger charge is 2.53. The van der Waals surface area contributed by atoms with E-state index in [9.17, 15) is 19.8 Å². The monoisotopic (exact) mass is 249 g/mol. The molecule has 2 N–H and O–H groups in total. The van der Waals surface area contributed by atoms with Gasteiger partial charge in [-0.2, -0.15) is 0 Å². The molecule has 1 fully saturated rings. The van der Waals surface area contributed by atoms with Gasteiger partial charge in [-0.1, -0.05) is 12.1 Å². The summed E-state index contributed by atoms with van der Waals surface area (Å²) in [5.41, 5.74) is -1.10. The van der Waals surface area contributed by atoms with Crippen LogP contribution in [0.2, 0.25) is 0 Å². The summed E-state index contributed by atoms with van der Waals surface area (Å²) in [6, 6.07) is 5.77. The average molecular weight is 249 g/mol. The van der Waals surface area contributed by atoms with Gasteiger partial charge < -0.3 is 15.1 Å². The predicted octanol–water partition coefficient (Wildman–Crippen LogP) is 0.0954. The third-order valence-electron chi connectivity index (χ3n) is 3.35. The van der Waals surface area contributed by atoms with Gasteiger partial charge in [0.05, 0.1) is 6.04 Å². The lowest BCUT2D eigenvalue weighted by molar-refractivity contribution is -0.146. The van der Waals surface area contributed by atoms with Crippen molar-refractivity contribution in [1.29, 1.82) is 0 Å². The Morgan fingerprint density at radius 2 is 1.83 bits per heavy atom. The van der Waals surface area contributed by atoms with Crippen molar-refractivity contribution < 1.29 is 19.8 Å². The molecule has 0 spiro atoms. The molecule has 5 nitrogen and oxygen atoms in total. The molecule has 1 amide bonds. The SMILES string of the molecule is CN1C(=O)[C@@](C)(O)C(=O)[C@@H]1Cc1ccc(O)cc1. The number of benzene rings is 1. The van der Waals surface area contributed by atoms with Crippen molar-refractivity contribution in [2.45, 2.75) is 25.0 Å². The first-order chi connectivity index (χ1) is 8.34. The Morgan fingerprint density at radius 1 is 1.28 bits per heavy atom. The number of aliphatic hydroxyl groups is 1. The Hall–Kier alpha value is -1.88. The zero-order valence-electron chi connectivity index (χ0n) is 10.3. The summed E-state index contributed by atoms with van der Waals surface area (Å²) < 4.78 is 0. The van der Waals surface area contributed by atoms with Crippen molar-refractivity contribution in [2.75, 3.05) is 7.05 Å². The van der Waals surface area contributed by atoms with Crippen LogP contribution in [0.5, 0.6) is 5.75 Å². The Balaban J connectivity index is 2.22. The summed E-state index contributed by atoms with van der Waals surface area (Å²) >= 11 is 0. The number of hydrogen-bond donors (Lipinski definition) is 2.